The van der Waals surface area contributed by atoms with E-state index in [1.165, 1.54) is 26.4 Å². The molecule has 0 spiro atoms. The van der Waals surface area contributed by atoms with Crippen molar-refractivity contribution >= 4 is 41.3 Å². The lowest BCUT2D eigenvalue weighted by atomic mass is 9.85. The lowest BCUT2D eigenvalue weighted by molar-refractivity contribution is -0.146. The van der Waals surface area contributed by atoms with Crippen molar-refractivity contribution in [1.82, 2.24) is 10.2 Å². The smallest absolute Gasteiger partial charge is 0.328 e. The Morgan fingerprint density at radius 2 is 1.79 bits per heavy atom. The van der Waals surface area contributed by atoms with Gasteiger partial charge in [-0.3, -0.25) is 9.59 Å². The van der Waals surface area contributed by atoms with Gasteiger partial charge < -0.3 is 19.7 Å². The molecule has 2 fully saturated rings. The van der Waals surface area contributed by atoms with E-state index in [1.807, 2.05) is 66.2 Å². The maximum absolute atomic E-state index is 13.6. The standard InChI is InChI=1S/C34H46N2O5S2/c1-24-9-7-8-12-27(24)29-21-26(13-14-28(29)32(37)35-30(15-18-42-3)34(39)40-2)23-41-31(22-25-10-5-4-6-11-25)33(38)36-16-19-43-20-17-36/h7-9,12-14,21,25,30-31H,4-6,10-11,15-20,22-23H2,1-3H3,(H,35,37)/t30-,31-/m0/s1. The lowest BCUT2D eigenvalue weighted by Crippen LogP contribution is -2.45. The van der Waals surface area contributed by atoms with Gasteiger partial charge in [0, 0.05) is 30.2 Å². The van der Waals surface area contributed by atoms with Gasteiger partial charge in [0.25, 0.3) is 11.8 Å². The van der Waals surface area contributed by atoms with Crippen LogP contribution in [0.4, 0.5) is 0 Å². The second-order valence-electron chi connectivity index (χ2n) is 11.5. The van der Waals surface area contributed by atoms with Gasteiger partial charge in [-0.15, -0.1) is 0 Å². The topological polar surface area (TPSA) is 84.9 Å². The van der Waals surface area contributed by atoms with Crippen molar-refractivity contribution in [3.05, 3.63) is 59.2 Å². The normalized spacial score (nSPS) is 17.2. The van der Waals surface area contributed by atoms with Gasteiger partial charge in [-0.1, -0.05) is 62.4 Å². The molecule has 1 heterocycles. The van der Waals surface area contributed by atoms with Crippen molar-refractivity contribution in [3.63, 3.8) is 0 Å². The Labute approximate surface area is 265 Å². The zero-order valence-corrected chi connectivity index (χ0v) is 27.4. The largest absolute Gasteiger partial charge is 0.467 e. The molecule has 43 heavy (non-hydrogen) atoms. The van der Waals surface area contributed by atoms with E-state index in [0.717, 1.165) is 71.9 Å². The molecular formula is C34H46N2O5S2. The van der Waals surface area contributed by atoms with Crippen LogP contribution in [-0.4, -0.2) is 78.5 Å². The van der Waals surface area contributed by atoms with Crippen LogP contribution in [0, 0.1) is 12.8 Å². The zero-order chi connectivity index (χ0) is 30.6. The summed E-state index contributed by atoms with van der Waals surface area (Å²) in [7, 11) is 1.34. The summed E-state index contributed by atoms with van der Waals surface area (Å²) >= 11 is 3.51. The second-order valence-corrected chi connectivity index (χ2v) is 13.7. The molecule has 2 aromatic carbocycles. The summed E-state index contributed by atoms with van der Waals surface area (Å²) in [6.45, 7) is 3.86. The summed E-state index contributed by atoms with van der Waals surface area (Å²) in [5, 5.41) is 2.90. The van der Waals surface area contributed by atoms with E-state index in [-0.39, 0.29) is 18.4 Å². The molecule has 234 valence electrons. The maximum Gasteiger partial charge on any atom is 0.328 e. The number of carbonyl (C=O) groups excluding carboxylic acids is 3. The second kappa shape index (κ2) is 17.1. The molecule has 1 aliphatic carbocycles. The Bertz CT molecular complexity index is 1230. The number of ether oxygens (including phenoxy) is 2. The van der Waals surface area contributed by atoms with Crippen molar-refractivity contribution < 1.29 is 23.9 Å². The predicted octanol–water partition coefficient (Wildman–Crippen LogP) is 6.12. The average molecular weight is 627 g/mol. The molecule has 2 aromatic rings. The van der Waals surface area contributed by atoms with Crippen LogP contribution < -0.4 is 5.32 Å². The Hall–Kier alpha value is -2.49. The van der Waals surface area contributed by atoms with Gasteiger partial charge in [0.1, 0.15) is 12.1 Å². The highest BCUT2D eigenvalue weighted by molar-refractivity contribution is 7.99. The Morgan fingerprint density at radius 3 is 2.49 bits per heavy atom. The molecule has 2 aliphatic rings. The van der Waals surface area contributed by atoms with Crippen LogP contribution in [0.5, 0.6) is 0 Å². The fraction of sp³-hybridized carbons (Fsp3) is 0.559. The van der Waals surface area contributed by atoms with Crippen molar-refractivity contribution in [1.29, 1.82) is 0 Å². The monoisotopic (exact) mass is 626 g/mol. The van der Waals surface area contributed by atoms with Gasteiger partial charge in [0.05, 0.1) is 13.7 Å². The van der Waals surface area contributed by atoms with Crippen molar-refractivity contribution in [2.75, 3.05) is 43.7 Å². The minimum absolute atomic E-state index is 0.111. The molecule has 1 saturated carbocycles. The molecule has 0 aromatic heterocycles. The Kier molecular flexibility index (Phi) is 13.3. The van der Waals surface area contributed by atoms with E-state index in [4.69, 9.17) is 9.47 Å². The fourth-order valence-corrected chi connectivity index (χ4v) is 7.36. The third kappa shape index (κ3) is 9.50. The molecule has 9 heteroatoms. The van der Waals surface area contributed by atoms with Crippen molar-refractivity contribution in [2.45, 2.75) is 70.6 Å². The highest BCUT2D eigenvalue weighted by Crippen LogP contribution is 2.31. The summed E-state index contributed by atoms with van der Waals surface area (Å²) in [4.78, 5) is 41.6. The Balaban J connectivity index is 1.57. The van der Waals surface area contributed by atoms with Crippen LogP contribution in [0.25, 0.3) is 11.1 Å². The first kappa shape index (κ1) is 33.4. The first-order chi connectivity index (χ1) is 20.9. The number of carbonyl (C=O) groups is 3. The molecule has 1 aliphatic heterocycles. The van der Waals surface area contributed by atoms with Crippen LogP contribution in [-0.2, 0) is 25.7 Å². The SMILES string of the molecule is COC(=O)[C@H](CCSC)NC(=O)c1ccc(CO[C@@H](CC2CCCCC2)C(=O)N2CCSCC2)cc1-c1ccccc1C. The van der Waals surface area contributed by atoms with Crippen LogP contribution in [0.3, 0.4) is 0 Å². The predicted molar refractivity (Wildman–Crippen MR) is 177 cm³/mol. The molecule has 1 N–H and O–H groups in total. The zero-order valence-electron chi connectivity index (χ0n) is 25.8. The average Bonchev–Trinajstić information content (AvgIpc) is 3.05. The first-order valence-electron chi connectivity index (χ1n) is 15.5. The molecular weight excluding hydrogens is 581 g/mol. The third-order valence-corrected chi connectivity index (χ3v) is 10.1. The molecule has 0 bridgehead atoms. The van der Waals surface area contributed by atoms with Gasteiger partial charge in [0.2, 0.25) is 0 Å². The number of esters is 1. The van der Waals surface area contributed by atoms with E-state index in [9.17, 15) is 14.4 Å². The van der Waals surface area contributed by atoms with Crippen LogP contribution in [0.1, 0.15) is 66.4 Å². The summed E-state index contributed by atoms with van der Waals surface area (Å²) < 4.78 is 11.4. The summed E-state index contributed by atoms with van der Waals surface area (Å²) in [5.41, 5.74) is 4.13. The molecule has 7 nitrogen and oxygen atoms in total. The number of nitrogens with zero attached hydrogens (tertiary/aromatic N) is 1. The molecule has 0 unspecified atom stereocenters. The van der Waals surface area contributed by atoms with E-state index in [1.54, 1.807) is 17.8 Å². The number of methoxy groups -OCH3 is 1. The number of thioether (sulfide) groups is 2. The molecule has 2 amide bonds. The minimum atomic E-state index is -0.725. The third-order valence-electron chi connectivity index (χ3n) is 8.49. The Morgan fingerprint density at radius 1 is 1.05 bits per heavy atom. The number of benzene rings is 2. The molecule has 1 saturated heterocycles. The van der Waals surface area contributed by atoms with Gasteiger partial charge in [-0.05, 0) is 72.1 Å². The van der Waals surface area contributed by atoms with E-state index in [0.29, 0.717) is 17.9 Å². The molecule has 4 rings (SSSR count). The van der Waals surface area contributed by atoms with E-state index < -0.39 is 18.1 Å². The number of nitrogens with one attached hydrogen (secondary N) is 1. The van der Waals surface area contributed by atoms with Crippen molar-refractivity contribution in [2.24, 2.45) is 5.92 Å². The van der Waals surface area contributed by atoms with Gasteiger partial charge in [0.15, 0.2) is 0 Å². The van der Waals surface area contributed by atoms with Crippen LogP contribution >= 0.6 is 23.5 Å². The van der Waals surface area contributed by atoms with Gasteiger partial charge >= 0.3 is 5.97 Å². The van der Waals surface area contributed by atoms with E-state index >= 15 is 0 Å². The highest BCUT2D eigenvalue weighted by Gasteiger charge is 2.30. The maximum atomic E-state index is 13.6. The minimum Gasteiger partial charge on any atom is -0.467 e. The highest BCUT2D eigenvalue weighted by atomic mass is 32.2. The fourth-order valence-electron chi connectivity index (χ4n) is 5.99. The first-order valence-corrected chi connectivity index (χ1v) is 18.0. The van der Waals surface area contributed by atoms with Gasteiger partial charge in [-0.25, -0.2) is 4.79 Å². The van der Waals surface area contributed by atoms with Gasteiger partial charge in [-0.2, -0.15) is 23.5 Å². The molecule has 2 atom stereocenters. The van der Waals surface area contributed by atoms with Crippen LogP contribution in [0.2, 0.25) is 0 Å². The van der Waals surface area contributed by atoms with E-state index in [2.05, 4.69) is 5.32 Å². The quantitative estimate of drug-likeness (QED) is 0.268. The number of amides is 2. The van der Waals surface area contributed by atoms with Crippen LogP contribution in [0.15, 0.2) is 42.5 Å². The lowest BCUT2D eigenvalue weighted by Gasteiger charge is -2.32. The number of hydrogen-bond donors (Lipinski definition) is 1. The number of hydrogen-bond acceptors (Lipinski definition) is 7. The molecule has 0 radical (unpaired) electrons. The number of aryl methyl sites for hydroxylation is 1. The van der Waals surface area contributed by atoms with Crippen molar-refractivity contribution in [3.8, 4) is 11.1 Å². The summed E-state index contributed by atoms with van der Waals surface area (Å²) in [6, 6.07) is 12.9. The summed E-state index contributed by atoms with van der Waals surface area (Å²) in [5.74, 6) is 2.52. The number of rotatable bonds is 13. The summed E-state index contributed by atoms with van der Waals surface area (Å²) in [6.07, 6.45) is 8.79.